The Bertz CT molecular complexity index is 6380. The minimum absolute atomic E-state index is 0.0867. The normalized spacial score (nSPS) is 23.3. The minimum atomic E-state index is -0.555. The van der Waals surface area contributed by atoms with Crippen LogP contribution in [-0.4, -0.2) is 222 Å². The summed E-state index contributed by atoms with van der Waals surface area (Å²) in [5.74, 6) is -0.775. The van der Waals surface area contributed by atoms with Crippen LogP contribution in [0.15, 0.2) is 219 Å². The number of piperidine rings is 3. The van der Waals surface area contributed by atoms with Crippen molar-refractivity contribution in [1.82, 2.24) is 68.9 Å². The lowest BCUT2D eigenvalue weighted by Gasteiger charge is -2.43. The maximum atomic E-state index is 15.3. The number of halogens is 4. The van der Waals surface area contributed by atoms with E-state index < -0.39 is 21.7 Å². The average Bonchev–Trinajstić information content (AvgIpc) is 1.57. The molecule has 5 atom stereocenters. The molecule has 24 rings (SSSR count). The van der Waals surface area contributed by atoms with Gasteiger partial charge in [-0.2, -0.15) is 20.4 Å². The molecule has 24 nitrogen and oxygen atoms in total. The van der Waals surface area contributed by atoms with Crippen LogP contribution in [0.2, 0.25) is 0 Å². The number of fused-ring (bicyclic) bond motifs is 8. The molecule has 12 aliphatic rings. The van der Waals surface area contributed by atoms with Crippen molar-refractivity contribution in [2.45, 2.75) is 175 Å². The van der Waals surface area contributed by atoms with E-state index in [2.05, 4.69) is 88.3 Å². The Labute approximate surface area is 816 Å². The molecule has 16 heterocycles. The van der Waals surface area contributed by atoms with Gasteiger partial charge in [0.1, 0.15) is 23.3 Å². The largest absolute Gasteiger partial charge is 0.381 e. The smallest absolute Gasteiger partial charge is 0.239 e. The molecule has 140 heavy (non-hydrogen) atoms. The summed E-state index contributed by atoms with van der Waals surface area (Å²) < 4.78 is 78.9. The van der Waals surface area contributed by atoms with Crippen LogP contribution in [0.4, 0.5) is 40.3 Å². The quantitative estimate of drug-likeness (QED) is 0.0843. The van der Waals surface area contributed by atoms with Crippen LogP contribution >= 0.6 is 0 Å². The standard InChI is InChI=1S/C30H36FN5O.C28H32FN5O.2C27H29FN4O2/c1-21(2)34-13-10-25(11-14-34)35-15-12-30(20-35)26-6-4-5-7-28(26)36(29(30)37)19-23-9-8-22(16-27(23)31)24-17-32-33(3)18-24;1-32-18-22(16-31-32)20-8-9-21(25(29)15-20)19-34-26-7-3-2-6-24(26)28(27(34)35)10-13-33(14-11-28)23-5-4-12-30-17-23;1-30-15-21(14-29-30)19-8-9-20(24(28)13-19)16-32-25-7-3-2-6-23(25)27(26(32)33)10-11-31(18-27)22-5-4-12-34-17-22;1-30-16-21(15-29-30)19-6-7-20(24(28)14-19)17-32-25-5-3-2-4-23(25)27(26(32)33)10-11-31(18-27)22-8-12-34-13-9-22/h4-9,16-18,21,25H,10-15,19-20H2,1-3H3;2-3,6-9,15-16,18,23,30H,4-5,10-14,17,19H2,1H3;2-3,6-9,13-15,22H,4-5,10-12,16-18H2,1H3;2-7,14-16,22H,8-13,17-18H2,1H3. The number of anilines is 4. The number of carbonyl (C=O) groups excluding carboxylic acids is 4. The Morgan fingerprint density at radius 1 is 0.350 bits per heavy atom. The number of hydrogen-bond acceptors (Lipinski definition) is 16. The number of rotatable bonds is 17. The van der Waals surface area contributed by atoms with E-state index >= 15 is 17.6 Å². The molecule has 0 aliphatic carbocycles. The molecule has 0 bridgehead atoms. The molecule has 8 fully saturated rings. The molecule has 8 saturated heterocycles. The van der Waals surface area contributed by atoms with Crippen LogP contribution in [0.5, 0.6) is 0 Å². The second-order valence-electron chi connectivity index (χ2n) is 41.1. The number of aromatic nitrogens is 8. The van der Waals surface area contributed by atoms with Gasteiger partial charge in [0.15, 0.2) is 0 Å². The summed E-state index contributed by atoms with van der Waals surface area (Å²) in [7, 11) is 7.37. The van der Waals surface area contributed by atoms with Gasteiger partial charge in [-0.1, -0.05) is 121 Å². The SMILES string of the molecule is CC(C)N1CCC(N2CCC3(C2)C(=O)N(Cc2ccc(-c4cnn(C)c4)cc2F)c2ccccc23)CC1.Cn1cc(-c2ccc(CN3C(=O)C4(CCN(C5CCCNC5)CC4)c4ccccc43)c(F)c2)cn1.Cn1cc(-c2ccc(CN3C(=O)C4(CCN(C5CCCOC5)C4)c4ccccc43)c(F)c2)cn1.Cn1cc(-c2ccc(CN3C(=O)C4(CCN(C5CCOCC5)C4)c4ccccc43)c(F)c2)cn1. The molecule has 8 aromatic carbocycles. The number of hydrogen-bond donors (Lipinski definition) is 1. The predicted molar refractivity (Wildman–Crippen MR) is 534 cm³/mol. The molecule has 4 aromatic heterocycles. The Balaban J connectivity index is 0.000000111. The van der Waals surface area contributed by atoms with Gasteiger partial charge in [-0.15, -0.1) is 0 Å². The van der Waals surface area contributed by atoms with Gasteiger partial charge in [-0.3, -0.25) is 57.5 Å². The Morgan fingerprint density at radius 2 is 0.671 bits per heavy atom. The Kier molecular flexibility index (Phi) is 26.5. The lowest BCUT2D eigenvalue weighted by Crippen LogP contribution is -2.54. The fraction of sp³-hybridized carbons (Fsp3) is 0.429. The number of para-hydroxylation sites is 4. The highest BCUT2D eigenvalue weighted by Crippen LogP contribution is 2.54. The number of ether oxygens (including phenoxy) is 2. The molecule has 0 radical (unpaired) electrons. The third-order valence-electron chi connectivity index (χ3n) is 32.6. The number of nitrogens with zero attached hydrogens (tertiary/aromatic N) is 17. The van der Waals surface area contributed by atoms with E-state index in [1.165, 1.54) is 25.0 Å². The van der Waals surface area contributed by atoms with Crippen LogP contribution in [0.25, 0.3) is 44.5 Å². The molecule has 12 aromatic rings. The summed E-state index contributed by atoms with van der Waals surface area (Å²) in [6, 6.07) is 55.9. The number of aryl methyl sites for hydroxylation is 4. The molecule has 5 unspecified atom stereocenters. The van der Waals surface area contributed by atoms with Crippen molar-refractivity contribution < 1.29 is 46.2 Å². The highest BCUT2D eigenvalue weighted by Gasteiger charge is 2.59. The summed E-state index contributed by atoms with van der Waals surface area (Å²) in [5.41, 5.74) is 14.7. The van der Waals surface area contributed by atoms with E-state index in [-0.39, 0.29) is 73.1 Å². The monoisotopic (exact) mass is 1900 g/mol. The van der Waals surface area contributed by atoms with Gasteiger partial charge in [0.2, 0.25) is 23.6 Å². The first-order valence-corrected chi connectivity index (χ1v) is 50.3. The van der Waals surface area contributed by atoms with Crippen LogP contribution in [0, 0.1) is 23.3 Å². The van der Waals surface area contributed by atoms with Crippen molar-refractivity contribution in [3.8, 4) is 44.5 Å². The molecular weight excluding hydrogens is 1770 g/mol. The lowest BCUT2D eigenvalue weighted by atomic mass is 9.73. The van der Waals surface area contributed by atoms with Crippen LogP contribution < -0.4 is 24.9 Å². The minimum Gasteiger partial charge on any atom is -0.381 e. The van der Waals surface area contributed by atoms with Crippen molar-refractivity contribution in [3.05, 3.63) is 287 Å². The third-order valence-corrected chi connectivity index (χ3v) is 32.6. The zero-order valence-electron chi connectivity index (χ0n) is 81.1. The van der Waals surface area contributed by atoms with E-state index in [0.717, 1.165) is 259 Å². The molecule has 1 N–H and O–H groups in total. The van der Waals surface area contributed by atoms with Gasteiger partial charge < -0.3 is 39.3 Å². The zero-order chi connectivity index (χ0) is 96.3. The van der Waals surface area contributed by atoms with Crippen LogP contribution in [0.3, 0.4) is 0 Å². The summed E-state index contributed by atoms with van der Waals surface area (Å²) >= 11 is 0. The highest BCUT2D eigenvalue weighted by molar-refractivity contribution is 6.11. The van der Waals surface area contributed by atoms with Crippen LogP contribution in [-0.2, 0) is 105 Å². The Hall–Kier alpha value is -12.1. The Morgan fingerprint density at radius 3 is 0.993 bits per heavy atom. The summed E-state index contributed by atoms with van der Waals surface area (Å²) in [6.07, 6.45) is 27.4. The van der Waals surface area contributed by atoms with Gasteiger partial charge in [0, 0.05) is 196 Å². The van der Waals surface area contributed by atoms with Crippen molar-refractivity contribution >= 4 is 46.4 Å². The number of carbonyl (C=O) groups is 4. The van der Waals surface area contributed by atoms with Gasteiger partial charge in [-0.25, -0.2) is 17.6 Å². The molecule has 4 amide bonds. The van der Waals surface area contributed by atoms with Crippen molar-refractivity contribution in [2.75, 3.05) is 125 Å². The van der Waals surface area contributed by atoms with E-state index in [1.807, 2.05) is 166 Å². The molecule has 28 heteroatoms. The fourth-order valence-corrected chi connectivity index (χ4v) is 24.8. The van der Waals surface area contributed by atoms with Crippen molar-refractivity contribution in [2.24, 2.45) is 28.2 Å². The van der Waals surface area contributed by atoms with E-state index in [1.54, 1.807) is 83.6 Å². The number of amides is 4. The molecular formula is C112H126F4N18O6. The van der Waals surface area contributed by atoms with Gasteiger partial charge in [0.05, 0.1) is 79.2 Å². The second kappa shape index (κ2) is 39.4. The van der Waals surface area contributed by atoms with E-state index in [9.17, 15) is 19.2 Å². The zero-order valence-corrected chi connectivity index (χ0v) is 81.1. The summed E-state index contributed by atoms with van der Waals surface area (Å²) in [6.45, 7) is 19.8. The first-order valence-electron chi connectivity index (χ1n) is 50.3. The highest BCUT2D eigenvalue weighted by atomic mass is 19.1. The van der Waals surface area contributed by atoms with Crippen LogP contribution in [0.1, 0.15) is 142 Å². The molecule has 728 valence electrons. The van der Waals surface area contributed by atoms with E-state index in [0.29, 0.717) is 59.0 Å². The first kappa shape index (κ1) is 94.1. The lowest BCUT2D eigenvalue weighted by molar-refractivity contribution is -0.125. The summed E-state index contributed by atoms with van der Waals surface area (Å²) in [4.78, 5) is 75.8. The predicted octanol–water partition coefficient (Wildman–Crippen LogP) is 16.2. The maximum Gasteiger partial charge on any atom is 0.239 e. The van der Waals surface area contributed by atoms with E-state index in [4.69, 9.17) is 9.47 Å². The fourth-order valence-electron chi connectivity index (χ4n) is 24.8. The second-order valence-corrected chi connectivity index (χ2v) is 41.1. The van der Waals surface area contributed by atoms with Crippen molar-refractivity contribution in [1.29, 1.82) is 0 Å². The first-order chi connectivity index (χ1) is 68.0. The molecule has 4 spiro atoms. The topological polar surface area (TPSA) is 199 Å². The van der Waals surface area contributed by atoms with Gasteiger partial charge in [-0.05, 0) is 243 Å². The van der Waals surface area contributed by atoms with Gasteiger partial charge >= 0.3 is 0 Å². The van der Waals surface area contributed by atoms with Crippen molar-refractivity contribution in [3.63, 3.8) is 0 Å². The number of nitrogens with one attached hydrogen (secondary N) is 1. The number of benzene rings is 8. The summed E-state index contributed by atoms with van der Waals surface area (Å²) in [5, 5.41) is 20.2. The average molecular weight is 1900 g/mol. The maximum absolute atomic E-state index is 15.3. The molecule has 0 saturated carbocycles. The third kappa shape index (κ3) is 17.9. The molecule has 12 aliphatic heterocycles. The van der Waals surface area contributed by atoms with Gasteiger partial charge in [0.25, 0.3) is 0 Å². The number of likely N-dealkylation sites (tertiary alicyclic amines) is 5.